The molecule has 0 unspecified atom stereocenters. The summed E-state index contributed by atoms with van der Waals surface area (Å²) >= 11 is 6.70. The molecule has 1 spiro atoms. The van der Waals surface area contributed by atoms with Crippen LogP contribution in [0.2, 0.25) is 23.7 Å². The van der Waals surface area contributed by atoms with Crippen LogP contribution in [0.15, 0.2) is 97.2 Å². The van der Waals surface area contributed by atoms with Crippen molar-refractivity contribution in [2.45, 2.75) is 63.2 Å². The van der Waals surface area contributed by atoms with Crippen LogP contribution in [0.1, 0.15) is 40.5 Å². The van der Waals surface area contributed by atoms with E-state index >= 15 is 4.79 Å². The van der Waals surface area contributed by atoms with Crippen LogP contribution >= 0.6 is 11.6 Å². The molecule has 0 aliphatic carbocycles. The molecule has 13 heteroatoms. The number of aromatic nitrogens is 3. The van der Waals surface area contributed by atoms with Gasteiger partial charge in [-0.3, -0.25) is 14.3 Å². The first-order chi connectivity index (χ1) is 25.9. The second-order valence-corrected chi connectivity index (χ2v) is 19.8. The van der Waals surface area contributed by atoms with Gasteiger partial charge in [-0.2, -0.15) is 0 Å². The lowest BCUT2D eigenvalue weighted by Gasteiger charge is -2.37. The number of methoxy groups -OCH3 is 1. The van der Waals surface area contributed by atoms with Gasteiger partial charge in [0, 0.05) is 59.2 Å². The minimum absolute atomic E-state index is 0.00266. The lowest BCUT2D eigenvalue weighted by atomic mass is 9.82. The number of aliphatic hydroxyl groups excluding tert-OH is 1. The summed E-state index contributed by atoms with van der Waals surface area (Å²) in [6, 6.07) is 28.1. The third-order valence-corrected chi connectivity index (χ3v) is 15.7. The number of nitrogens with one attached hydrogen (secondary N) is 1. The van der Waals surface area contributed by atoms with Crippen molar-refractivity contribution >= 4 is 53.7 Å². The Morgan fingerprint density at radius 3 is 2.56 bits per heavy atom. The predicted molar refractivity (Wildman–Crippen MR) is 213 cm³/mol. The average Bonchev–Trinajstić information content (AvgIpc) is 3.81. The van der Waals surface area contributed by atoms with Gasteiger partial charge < -0.3 is 30.5 Å². The maximum absolute atomic E-state index is 15.2. The first-order valence-electron chi connectivity index (χ1n) is 18.1. The number of halogens is 1. The van der Waals surface area contributed by atoms with Crippen LogP contribution in [0, 0.1) is 5.92 Å². The van der Waals surface area contributed by atoms with Gasteiger partial charge in [0.05, 0.1) is 39.2 Å². The Morgan fingerprint density at radius 1 is 1.07 bits per heavy atom. The number of carbonyl (C=O) groups is 2. The predicted octanol–water partition coefficient (Wildman–Crippen LogP) is 6.16. The minimum atomic E-state index is -2.37. The number of rotatable bonds is 12. The Morgan fingerprint density at radius 2 is 1.83 bits per heavy atom. The van der Waals surface area contributed by atoms with E-state index in [1.807, 2.05) is 60.8 Å². The highest BCUT2D eigenvalue weighted by Gasteiger charge is 2.66. The van der Waals surface area contributed by atoms with E-state index in [1.165, 1.54) is 5.19 Å². The number of anilines is 3. The number of carbonyl (C=O) groups excluding carboxylic acids is 2. The van der Waals surface area contributed by atoms with Crippen molar-refractivity contribution in [1.82, 2.24) is 15.0 Å². The highest BCUT2D eigenvalue weighted by Crippen LogP contribution is 2.60. The van der Waals surface area contributed by atoms with Crippen molar-refractivity contribution in [3.8, 4) is 5.75 Å². The fraction of sp³-hybridized carbons (Fsp3) is 0.317. The molecule has 7 rings (SSSR count). The normalized spacial score (nSPS) is 20.7. The maximum atomic E-state index is 15.2. The van der Waals surface area contributed by atoms with Crippen LogP contribution < -0.4 is 25.9 Å². The number of aliphatic hydroxyl groups is 1. The number of benzene rings is 4. The number of ether oxygens (including phenoxy) is 2. The van der Waals surface area contributed by atoms with E-state index in [9.17, 15) is 9.90 Å². The first kappa shape index (κ1) is 37.3. The summed E-state index contributed by atoms with van der Waals surface area (Å²) in [5.74, 6) is 0.179. The fourth-order valence-electron chi connectivity index (χ4n) is 8.42. The molecule has 0 radical (unpaired) electrons. The van der Waals surface area contributed by atoms with Gasteiger partial charge in [-0.25, -0.2) is 0 Å². The average molecular weight is 765 g/mol. The highest BCUT2D eigenvalue weighted by atomic mass is 35.5. The van der Waals surface area contributed by atoms with Crippen LogP contribution in [-0.2, 0) is 34.6 Å². The zero-order valence-corrected chi connectivity index (χ0v) is 32.6. The molecule has 5 aromatic rings. The number of amides is 2. The Balaban J connectivity index is 1.23. The van der Waals surface area contributed by atoms with Crippen LogP contribution in [0.5, 0.6) is 5.75 Å². The second kappa shape index (κ2) is 15.0. The van der Waals surface area contributed by atoms with Gasteiger partial charge in [-0.15, -0.1) is 5.10 Å². The molecule has 280 valence electrons. The van der Waals surface area contributed by atoms with E-state index in [0.717, 1.165) is 28.3 Å². The van der Waals surface area contributed by atoms with Gasteiger partial charge in [-0.05, 0) is 84.3 Å². The third kappa shape index (κ3) is 6.90. The number of nitrogens with two attached hydrogens (primary N) is 1. The number of nitrogens with zero attached hydrogens (tertiary/aromatic N) is 4. The second-order valence-electron chi connectivity index (χ2n) is 14.7. The van der Waals surface area contributed by atoms with E-state index < -0.39 is 13.7 Å². The van der Waals surface area contributed by atoms with Gasteiger partial charge in [-0.1, -0.05) is 66.3 Å². The maximum Gasteiger partial charge on any atom is 0.264 e. The highest BCUT2D eigenvalue weighted by molar-refractivity contribution is 6.91. The van der Waals surface area contributed by atoms with Gasteiger partial charge in [0.2, 0.25) is 0 Å². The molecular formula is C41H45ClN6O5Si. The summed E-state index contributed by atoms with van der Waals surface area (Å²) < 4.78 is 14.5. The number of fused-ring (bicyclic) bond motifs is 2. The quantitative estimate of drug-likeness (QED) is 0.101. The van der Waals surface area contributed by atoms with E-state index in [4.69, 9.17) is 26.8 Å². The molecule has 0 bridgehead atoms. The Hall–Kier alpha value is -5.01. The van der Waals surface area contributed by atoms with E-state index in [-0.39, 0.29) is 42.5 Å². The Kier molecular flexibility index (Phi) is 10.4. The molecule has 2 amide bonds. The van der Waals surface area contributed by atoms with Crippen molar-refractivity contribution in [1.29, 1.82) is 0 Å². The van der Waals surface area contributed by atoms with E-state index in [0.29, 0.717) is 41.3 Å². The molecule has 2 aliphatic heterocycles. The van der Waals surface area contributed by atoms with Gasteiger partial charge in [0.1, 0.15) is 5.75 Å². The number of hydrogen-bond acceptors (Lipinski definition) is 8. The van der Waals surface area contributed by atoms with Crippen molar-refractivity contribution in [2.75, 3.05) is 29.7 Å². The molecule has 11 nitrogen and oxygen atoms in total. The first-order valence-corrected chi connectivity index (χ1v) is 21.6. The van der Waals surface area contributed by atoms with Gasteiger partial charge in [0.25, 0.3) is 11.8 Å². The smallest absolute Gasteiger partial charge is 0.264 e. The van der Waals surface area contributed by atoms with Crippen molar-refractivity contribution in [2.24, 2.45) is 5.92 Å². The molecule has 4 N–H and O–H groups in total. The van der Waals surface area contributed by atoms with Crippen molar-refractivity contribution in [3.63, 3.8) is 0 Å². The van der Waals surface area contributed by atoms with Crippen LogP contribution in [0.3, 0.4) is 0 Å². The summed E-state index contributed by atoms with van der Waals surface area (Å²) in [5, 5.41) is 22.7. The number of nitrogen functional groups attached to an aromatic ring is 1. The SMILES string of the molecule is COc1ccc([Si](C)(C)[C@@H]2[C@@H](CCn3cc(CCO)nn3)O[C@]3(C(=O)N(Cc4cccc(NC(=O)c5ccc(N)cc5)c4)c4ccc(Cl)cc43)[C@H]2C)cc1. The monoisotopic (exact) mass is 764 g/mol. The zero-order chi connectivity index (χ0) is 38.2. The summed E-state index contributed by atoms with van der Waals surface area (Å²) in [7, 11) is -0.711. The van der Waals surface area contributed by atoms with Crippen LogP contribution in [-0.4, -0.2) is 59.8 Å². The Labute approximate surface area is 321 Å². The van der Waals surface area contributed by atoms with Crippen molar-refractivity contribution < 1.29 is 24.2 Å². The van der Waals surface area contributed by atoms with Crippen molar-refractivity contribution in [3.05, 3.63) is 125 Å². The third-order valence-electron chi connectivity index (χ3n) is 11.1. The summed E-state index contributed by atoms with van der Waals surface area (Å²) in [4.78, 5) is 30.0. The topological polar surface area (TPSA) is 145 Å². The molecule has 1 fully saturated rings. The molecule has 3 heterocycles. The zero-order valence-electron chi connectivity index (χ0n) is 30.8. The molecule has 2 aliphatic rings. The molecule has 1 saturated heterocycles. The van der Waals surface area contributed by atoms with Crippen LogP contribution in [0.4, 0.5) is 17.1 Å². The van der Waals surface area contributed by atoms with E-state index in [1.54, 1.807) is 41.0 Å². The number of hydrogen-bond donors (Lipinski definition) is 3. The molecule has 4 aromatic carbocycles. The van der Waals surface area contributed by atoms with Crippen LogP contribution in [0.25, 0.3) is 0 Å². The molecule has 0 saturated carbocycles. The summed E-state index contributed by atoms with van der Waals surface area (Å²) in [6.07, 6.45) is 2.59. The largest absolute Gasteiger partial charge is 0.497 e. The fourth-order valence-corrected chi connectivity index (χ4v) is 12.6. The molecule has 4 atom stereocenters. The lowest BCUT2D eigenvalue weighted by Crippen LogP contribution is -2.51. The minimum Gasteiger partial charge on any atom is -0.497 e. The van der Waals surface area contributed by atoms with E-state index in [2.05, 4.69) is 47.8 Å². The molecule has 1 aromatic heterocycles. The molecular weight excluding hydrogens is 720 g/mol. The summed E-state index contributed by atoms with van der Waals surface area (Å²) in [5.41, 5.74) is 9.31. The Bertz CT molecular complexity index is 2160. The lowest BCUT2D eigenvalue weighted by molar-refractivity contribution is -0.146. The summed E-state index contributed by atoms with van der Waals surface area (Å²) in [6.45, 7) is 7.64. The standard InChI is InChI=1S/C41H45ClN6O5Si/c1-26-38(54(3,4)34-15-13-33(52-2)14-16-34)37(18-20-47-25-32(19-21-49)45-46-47)53-41(26)35-23-29(42)10-17-36(35)48(40(41)51)24-27-6-5-7-31(22-27)44-39(50)28-8-11-30(43)12-9-28/h5-17,22-23,25-26,37-38,49H,18-21,24,43H2,1-4H3,(H,44,50)/t26-,37+,38-,41+/m0/s1. The number of aryl methyl sites for hydroxylation is 1. The van der Waals surface area contributed by atoms with Gasteiger partial charge in [0.15, 0.2) is 5.60 Å². The molecule has 54 heavy (non-hydrogen) atoms. The van der Waals surface area contributed by atoms with Gasteiger partial charge >= 0.3 is 0 Å².